The van der Waals surface area contributed by atoms with E-state index in [1.165, 1.54) is 5.69 Å². The third kappa shape index (κ3) is 2.72. The maximum atomic E-state index is 6.01. The standard InChI is InChI=1S/C14H20N4S/c1-5-11(12(15)6-2)13-8-18-10(7-17(3)4)9-19-14(18)16-13/h5-6,8-9H,7,15H2,1-4H3/b11-5+,12-6+. The first kappa shape index (κ1) is 13.8. The maximum Gasteiger partial charge on any atom is 0.194 e. The molecule has 0 aromatic carbocycles. The summed E-state index contributed by atoms with van der Waals surface area (Å²) in [7, 11) is 4.13. The van der Waals surface area contributed by atoms with Crippen LogP contribution in [0.1, 0.15) is 25.2 Å². The smallest absolute Gasteiger partial charge is 0.194 e. The average Bonchev–Trinajstić information content (AvgIpc) is 2.92. The number of allylic oxidation sites excluding steroid dienone is 3. The summed E-state index contributed by atoms with van der Waals surface area (Å²) in [5.74, 6) is 0. The van der Waals surface area contributed by atoms with Gasteiger partial charge in [-0.1, -0.05) is 12.2 Å². The van der Waals surface area contributed by atoms with Crippen molar-refractivity contribution >= 4 is 21.9 Å². The molecule has 0 amide bonds. The lowest BCUT2D eigenvalue weighted by Gasteiger charge is -2.07. The van der Waals surface area contributed by atoms with Gasteiger partial charge in [0.1, 0.15) is 0 Å². The highest BCUT2D eigenvalue weighted by Crippen LogP contribution is 2.24. The van der Waals surface area contributed by atoms with Crippen LogP contribution in [0.3, 0.4) is 0 Å². The van der Waals surface area contributed by atoms with Crippen molar-refractivity contribution in [1.29, 1.82) is 0 Å². The molecule has 102 valence electrons. The first-order valence-corrected chi connectivity index (χ1v) is 7.13. The van der Waals surface area contributed by atoms with Crippen LogP contribution in [0.2, 0.25) is 0 Å². The fourth-order valence-electron chi connectivity index (χ4n) is 2.01. The number of rotatable bonds is 4. The van der Waals surface area contributed by atoms with Gasteiger partial charge in [0.15, 0.2) is 4.96 Å². The van der Waals surface area contributed by atoms with E-state index in [1.54, 1.807) is 11.3 Å². The molecule has 0 fully saturated rings. The predicted molar refractivity (Wildman–Crippen MR) is 82.1 cm³/mol. The van der Waals surface area contributed by atoms with Gasteiger partial charge in [0.05, 0.1) is 5.69 Å². The van der Waals surface area contributed by atoms with E-state index in [0.29, 0.717) is 0 Å². The predicted octanol–water partition coefficient (Wildman–Crippen LogP) is 2.72. The van der Waals surface area contributed by atoms with Gasteiger partial charge in [0.2, 0.25) is 0 Å². The molecule has 19 heavy (non-hydrogen) atoms. The summed E-state index contributed by atoms with van der Waals surface area (Å²) in [5.41, 5.74) is 9.95. The summed E-state index contributed by atoms with van der Waals surface area (Å²) in [6, 6.07) is 0. The van der Waals surface area contributed by atoms with Gasteiger partial charge < -0.3 is 10.6 Å². The molecular formula is C14H20N4S. The van der Waals surface area contributed by atoms with E-state index < -0.39 is 0 Å². The molecule has 2 aromatic rings. The second kappa shape index (κ2) is 5.59. The van der Waals surface area contributed by atoms with Gasteiger partial charge >= 0.3 is 0 Å². The van der Waals surface area contributed by atoms with Gasteiger partial charge in [-0.2, -0.15) is 0 Å². The lowest BCUT2D eigenvalue weighted by atomic mass is 10.1. The van der Waals surface area contributed by atoms with E-state index in [-0.39, 0.29) is 0 Å². The van der Waals surface area contributed by atoms with E-state index >= 15 is 0 Å². The second-order valence-corrected chi connectivity index (χ2v) is 5.53. The number of fused-ring (bicyclic) bond motifs is 1. The largest absolute Gasteiger partial charge is 0.398 e. The fraction of sp³-hybridized carbons (Fsp3) is 0.357. The molecule has 0 bridgehead atoms. The molecular weight excluding hydrogens is 256 g/mol. The van der Waals surface area contributed by atoms with Crippen molar-refractivity contribution in [3.63, 3.8) is 0 Å². The van der Waals surface area contributed by atoms with Gasteiger partial charge in [0.25, 0.3) is 0 Å². The summed E-state index contributed by atoms with van der Waals surface area (Å²) >= 11 is 1.66. The molecule has 0 aliphatic carbocycles. The number of nitrogens with zero attached hydrogens (tertiary/aromatic N) is 3. The minimum Gasteiger partial charge on any atom is -0.398 e. The average molecular weight is 276 g/mol. The lowest BCUT2D eigenvalue weighted by molar-refractivity contribution is 0.396. The number of nitrogens with two attached hydrogens (primary N) is 1. The summed E-state index contributed by atoms with van der Waals surface area (Å²) < 4.78 is 2.15. The number of imidazole rings is 1. The Morgan fingerprint density at radius 2 is 2.16 bits per heavy atom. The molecule has 0 atom stereocenters. The van der Waals surface area contributed by atoms with Crippen LogP contribution in [-0.2, 0) is 6.54 Å². The topological polar surface area (TPSA) is 46.6 Å². The van der Waals surface area contributed by atoms with Gasteiger partial charge in [-0.3, -0.25) is 4.40 Å². The molecule has 0 spiro atoms. The second-order valence-electron chi connectivity index (χ2n) is 4.69. The van der Waals surface area contributed by atoms with E-state index in [1.807, 2.05) is 26.0 Å². The van der Waals surface area contributed by atoms with Crippen LogP contribution >= 0.6 is 11.3 Å². The van der Waals surface area contributed by atoms with E-state index in [4.69, 9.17) is 5.73 Å². The van der Waals surface area contributed by atoms with Crippen molar-refractivity contribution < 1.29 is 0 Å². The molecule has 2 N–H and O–H groups in total. The Hall–Kier alpha value is -1.59. The first-order chi connectivity index (χ1) is 9.06. The zero-order chi connectivity index (χ0) is 14.0. The molecule has 2 heterocycles. The van der Waals surface area contributed by atoms with Crippen molar-refractivity contribution in [2.75, 3.05) is 14.1 Å². The van der Waals surface area contributed by atoms with Crippen molar-refractivity contribution in [1.82, 2.24) is 14.3 Å². The van der Waals surface area contributed by atoms with Crippen LogP contribution in [0.5, 0.6) is 0 Å². The zero-order valence-corrected chi connectivity index (χ0v) is 12.7. The number of hydrogen-bond donors (Lipinski definition) is 1. The van der Waals surface area contributed by atoms with Gasteiger partial charge in [-0.25, -0.2) is 4.98 Å². The molecule has 0 unspecified atom stereocenters. The SMILES string of the molecule is C/C=C(N)\C(=C/C)c1cn2c(CN(C)C)csc2n1. The normalized spacial score (nSPS) is 13.7. The van der Waals surface area contributed by atoms with Crippen LogP contribution in [-0.4, -0.2) is 28.4 Å². The monoisotopic (exact) mass is 276 g/mol. The number of aromatic nitrogens is 2. The molecule has 0 saturated heterocycles. The summed E-state index contributed by atoms with van der Waals surface area (Å²) in [6.45, 7) is 4.83. The van der Waals surface area contributed by atoms with Gasteiger partial charge in [0, 0.05) is 35.1 Å². The zero-order valence-electron chi connectivity index (χ0n) is 11.8. The lowest BCUT2D eigenvalue weighted by Crippen LogP contribution is -2.11. The highest BCUT2D eigenvalue weighted by Gasteiger charge is 2.12. The molecule has 5 heteroatoms. The molecule has 0 saturated carbocycles. The van der Waals surface area contributed by atoms with Gasteiger partial charge in [-0.15, -0.1) is 11.3 Å². The highest BCUT2D eigenvalue weighted by molar-refractivity contribution is 7.15. The number of thiazole rings is 1. The molecule has 0 aliphatic heterocycles. The van der Waals surface area contributed by atoms with E-state index in [9.17, 15) is 0 Å². The van der Waals surface area contributed by atoms with E-state index in [2.05, 4.69) is 40.0 Å². The summed E-state index contributed by atoms with van der Waals surface area (Å²) in [4.78, 5) is 7.81. The quantitative estimate of drug-likeness (QED) is 0.873. The molecule has 4 nitrogen and oxygen atoms in total. The highest BCUT2D eigenvalue weighted by atomic mass is 32.1. The van der Waals surface area contributed by atoms with Crippen LogP contribution in [0, 0.1) is 0 Å². The van der Waals surface area contributed by atoms with Crippen LogP contribution in [0.15, 0.2) is 29.4 Å². The third-order valence-electron chi connectivity index (χ3n) is 2.95. The maximum absolute atomic E-state index is 6.01. The van der Waals surface area contributed by atoms with Crippen molar-refractivity contribution in [3.8, 4) is 0 Å². The number of hydrogen-bond acceptors (Lipinski definition) is 4. The fourth-order valence-corrected chi connectivity index (χ4v) is 2.88. The van der Waals surface area contributed by atoms with Crippen LogP contribution in [0.25, 0.3) is 10.5 Å². The summed E-state index contributed by atoms with van der Waals surface area (Å²) in [6.07, 6.45) is 5.98. The van der Waals surface area contributed by atoms with Crippen LogP contribution < -0.4 is 5.73 Å². The Morgan fingerprint density at radius 3 is 2.74 bits per heavy atom. The van der Waals surface area contributed by atoms with Crippen molar-refractivity contribution in [2.24, 2.45) is 5.73 Å². The summed E-state index contributed by atoms with van der Waals surface area (Å²) in [5, 5.41) is 2.15. The Kier molecular flexibility index (Phi) is 4.07. The van der Waals surface area contributed by atoms with E-state index in [0.717, 1.165) is 28.5 Å². The van der Waals surface area contributed by atoms with Crippen molar-refractivity contribution in [2.45, 2.75) is 20.4 Å². The molecule has 2 aromatic heterocycles. The van der Waals surface area contributed by atoms with Gasteiger partial charge in [-0.05, 0) is 27.9 Å². The molecule has 0 radical (unpaired) electrons. The Balaban J connectivity index is 2.45. The minimum absolute atomic E-state index is 0.766. The minimum atomic E-state index is 0.766. The van der Waals surface area contributed by atoms with Crippen LogP contribution in [0.4, 0.5) is 0 Å². The molecule has 2 rings (SSSR count). The molecule has 0 aliphatic rings. The Labute approximate surface area is 117 Å². The Bertz CT molecular complexity index is 631. The van der Waals surface area contributed by atoms with Crippen molar-refractivity contribution in [3.05, 3.63) is 40.8 Å². The third-order valence-corrected chi connectivity index (χ3v) is 3.84. The first-order valence-electron chi connectivity index (χ1n) is 6.25. The Morgan fingerprint density at radius 1 is 1.42 bits per heavy atom.